The first-order valence-electron chi connectivity index (χ1n) is 8.32. The number of carbonyl (C=O) groups is 1. The molecule has 0 radical (unpaired) electrons. The zero-order valence-electron chi connectivity index (χ0n) is 13.9. The molecule has 1 N–H and O–H groups in total. The zero-order chi connectivity index (χ0) is 15.5. The predicted octanol–water partition coefficient (Wildman–Crippen LogP) is 1.56. The number of morpholine rings is 1. The van der Waals surface area contributed by atoms with Crippen LogP contribution in [0.25, 0.3) is 0 Å². The van der Waals surface area contributed by atoms with E-state index in [0.29, 0.717) is 12.6 Å². The van der Waals surface area contributed by atoms with Gasteiger partial charge < -0.3 is 14.8 Å². The Hall–Kier alpha value is -0.650. The van der Waals surface area contributed by atoms with Gasteiger partial charge in [-0.2, -0.15) is 0 Å². The van der Waals surface area contributed by atoms with Crippen LogP contribution < -0.4 is 5.32 Å². The van der Waals surface area contributed by atoms with E-state index in [0.717, 1.165) is 38.9 Å². The molecule has 0 aromatic heterocycles. The van der Waals surface area contributed by atoms with Gasteiger partial charge in [0.05, 0.1) is 18.8 Å². The van der Waals surface area contributed by atoms with Gasteiger partial charge >= 0.3 is 5.97 Å². The summed E-state index contributed by atoms with van der Waals surface area (Å²) in [6, 6.07) is 0.447. The number of nitrogens with zero attached hydrogens (tertiary/aromatic N) is 1. The molecule has 122 valence electrons. The number of nitrogens with one attached hydrogen (secondary N) is 1. The summed E-state index contributed by atoms with van der Waals surface area (Å²) in [5, 5.41) is 3.40. The highest BCUT2D eigenvalue weighted by atomic mass is 16.5. The fourth-order valence-electron chi connectivity index (χ4n) is 3.87. The lowest BCUT2D eigenvalue weighted by Crippen LogP contribution is -2.54. The Morgan fingerprint density at radius 3 is 2.57 bits per heavy atom. The fourth-order valence-corrected chi connectivity index (χ4v) is 3.87. The van der Waals surface area contributed by atoms with E-state index in [-0.39, 0.29) is 18.2 Å². The molecular formula is C16H30N2O3. The van der Waals surface area contributed by atoms with Crippen LogP contribution in [-0.4, -0.2) is 60.9 Å². The van der Waals surface area contributed by atoms with E-state index in [2.05, 4.69) is 24.1 Å². The summed E-state index contributed by atoms with van der Waals surface area (Å²) in [4.78, 5) is 14.9. The Labute approximate surface area is 128 Å². The van der Waals surface area contributed by atoms with Crippen molar-refractivity contribution in [2.75, 3.05) is 26.2 Å². The SMILES string of the molecule is CCNC1(C(=O)OCC)CCC(N2C[C@@H](C)O[C@@H](C)C2)C1. The summed E-state index contributed by atoms with van der Waals surface area (Å²) in [5.41, 5.74) is -0.486. The minimum atomic E-state index is -0.486. The third-order valence-electron chi connectivity index (χ3n) is 4.63. The van der Waals surface area contributed by atoms with E-state index in [1.807, 2.05) is 13.8 Å². The second-order valence-corrected chi connectivity index (χ2v) is 6.44. The van der Waals surface area contributed by atoms with Crippen molar-refractivity contribution in [3.63, 3.8) is 0 Å². The lowest BCUT2D eigenvalue weighted by Gasteiger charge is -2.39. The third-order valence-corrected chi connectivity index (χ3v) is 4.63. The molecule has 1 aliphatic heterocycles. The van der Waals surface area contributed by atoms with Gasteiger partial charge in [0.15, 0.2) is 0 Å². The van der Waals surface area contributed by atoms with Gasteiger partial charge in [-0.1, -0.05) is 6.92 Å². The van der Waals surface area contributed by atoms with Crippen LogP contribution in [0.15, 0.2) is 0 Å². The Bertz CT molecular complexity index is 353. The zero-order valence-corrected chi connectivity index (χ0v) is 13.9. The maximum Gasteiger partial charge on any atom is 0.326 e. The summed E-state index contributed by atoms with van der Waals surface area (Å²) < 4.78 is 11.1. The third kappa shape index (κ3) is 3.76. The van der Waals surface area contributed by atoms with E-state index in [1.165, 1.54) is 0 Å². The molecule has 4 atom stereocenters. The lowest BCUT2D eigenvalue weighted by molar-refractivity contribution is -0.151. The number of likely N-dealkylation sites (N-methyl/N-ethyl adjacent to an activating group) is 1. The number of rotatable bonds is 5. The van der Waals surface area contributed by atoms with Gasteiger partial charge in [-0.25, -0.2) is 0 Å². The molecule has 0 amide bonds. The second-order valence-electron chi connectivity index (χ2n) is 6.44. The molecule has 2 unspecified atom stereocenters. The van der Waals surface area contributed by atoms with Crippen LogP contribution in [0.4, 0.5) is 0 Å². The van der Waals surface area contributed by atoms with Crippen LogP contribution in [0, 0.1) is 0 Å². The molecular weight excluding hydrogens is 268 g/mol. The first-order valence-corrected chi connectivity index (χ1v) is 8.32. The summed E-state index contributed by atoms with van der Waals surface area (Å²) >= 11 is 0. The van der Waals surface area contributed by atoms with Crippen LogP contribution >= 0.6 is 0 Å². The Balaban J connectivity index is 2.03. The number of esters is 1. The standard InChI is InChI=1S/C16H30N2O3/c1-5-17-16(15(19)20-6-2)8-7-14(9-16)18-10-12(3)21-13(4)11-18/h12-14,17H,5-11H2,1-4H3/t12-,13+,14?,16?. The maximum atomic E-state index is 12.4. The Morgan fingerprint density at radius 1 is 1.33 bits per heavy atom. The molecule has 1 saturated heterocycles. The molecule has 5 nitrogen and oxygen atoms in total. The first kappa shape index (κ1) is 16.7. The highest BCUT2D eigenvalue weighted by Crippen LogP contribution is 2.35. The van der Waals surface area contributed by atoms with Crippen molar-refractivity contribution in [2.45, 2.75) is 70.7 Å². The van der Waals surface area contributed by atoms with Gasteiger partial charge in [0.2, 0.25) is 0 Å². The van der Waals surface area contributed by atoms with Crippen molar-refractivity contribution in [2.24, 2.45) is 0 Å². The van der Waals surface area contributed by atoms with Gasteiger partial charge in [-0.15, -0.1) is 0 Å². The predicted molar refractivity (Wildman–Crippen MR) is 82.3 cm³/mol. The van der Waals surface area contributed by atoms with E-state index < -0.39 is 5.54 Å². The fraction of sp³-hybridized carbons (Fsp3) is 0.938. The summed E-state index contributed by atoms with van der Waals surface area (Å²) in [6.45, 7) is 11.3. The Kier molecular flexibility index (Phi) is 5.63. The van der Waals surface area contributed by atoms with Crippen molar-refractivity contribution in [3.8, 4) is 0 Å². The average Bonchev–Trinajstić information content (AvgIpc) is 2.84. The maximum absolute atomic E-state index is 12.4. The minimum Gasteiger partial charge on any atom is -0.465 e. The van der Waals surface area contributed by atoms with Gasteiger partial charge in [0.25, 0.3) is 0 Å². The minimum absolute atomic E-state index is 0.0799. The average molecular weight is 298 g/mol. The van der Waals surface area contributed by atoms with Crippen LogP contribution in [0.1, 0.15) is 47.0 Å². The van der Waals surface area contributed by atoms with Crippen molar-refractivity contribution < 1.29 is 14.3 Å². The topological polar surface area (TPSA) is 50.8 Å². The van der Waals surface area contributed by atoms with Crippen LogP contribution in [0.5, 0.6) is 0 Å². The summed E-state index contributed by atoms with van der Waals surface area (Å²) in [7, 11) is 0. The van der Waals surface area contributed by atoms with Crippen LogP contribution in [-0.2, 0) is 14.3 Å². The van der Waals surface area contributed by atoms with Gasteiger partial charge in [-0.3, -0.25) is 9.69 Å². The quantitative estimate of drug-likeness (QED) is 0.781. The second kappa shape index (κ2) is 7.07. The molecule has 1 heterocycles. The molecule has 21 heavy (non-hydrogen) atoms. The number of ether oxygens (including phenoxy) is 2. The molecule has 2 rings (SSSR count). The summed E-state index contributed by atoms with van der Waals surface area (Å²) in [6.07, 6.45) is 3.30. The molecule has 2 fully saturated rings. The van der Waals surface area contributed by atoms with E-state index in [1.54, 1.807) is 0 Å². The summed E-state index contributed by atoms with van der Waals surface area (Å²) in [5.74, 6) is -0.0799. The van der Waals surface area contributed by atoms with Crippen molar-refractivity contribution in [1.82, 2.24) is 10.2 Å². The van der Waals surface area contributed by atoms with E-state index in [4.69, 9.17) is 9.47 Å². The molecule has 0 bridgehead atoms. The molecule has 0 spiro atoms. The highest BCUT2D eigenvalue weighted by Gasteiger charge is 2.48. The largest absolute Gasteiger partial charge is 0.465 e. The first-order chi connectivity index (χ1) is 10.0. The van der Waals surface area contributed by atoms with Gasteiger partial charge in [0.1, 0.15) is 5.54 Å². The number of carbonyl (C=O) groups excluding carboxylic acids is 1. The van der Waals surface area contributed by atoms with Crippen LogP contribution in [0.3, 0.4) is 0 Å². The van der Waals surface area contributed by atoms with E-state index >= 15 is 0 Å². The molecule has 0 aromatic rings. The van der Waals surface area contributed by atoms with Crippen molar-refractivity contribution in [3.05, 3.63) is 0 Å². The molecule has 1 aliphatic carbocycles. The Morgan fingerprint density at radius 2 is 2.00 bits per heavy atom. The number of hydrogen-bond donors (Lipinski definition) is 1. The van der Waals surface area contributed by atoms with Crippen molar-refractivity contribution in [1.29, 1.82) is 0 Å². The van der Waals surface area contributed by atoms with Crippen LogP contribution in [0.2, 0.25) is 0 Å². The number of hydrogen-bond acceptors (Lipinski definition) is 5. The molecule has 2 aliphatic rings. The molecule has 1 saturated carbocycles. The molecule has 0 aromatic carbocycles. The lowest BCUT2D eigenvalue weighted by atomic mass is 9.97. The van der Waals surface area contributed by atoms with E-state index in [9.17, 15) is 4.79 Å². The normalized spacial score (nSPS) is 37.6. The monoisotopic (exact) mass is 298 g/mol. The van der Waals surface area contributed by atoms with Gasteiger partial charge in [-0.05, 0) is 46.6 Å². The highest BCUT2D eigenvalue weighted by molar-refractivity contribution is 5.81. The molecule has 5 heteroatoms. The van der Waals surface area contributed by atoms with Gasteiger partial charge in [0, 0.05) is 19.1 Å². The van der Waals surface area contributed by atoms with Crippen molar-refractivity contribution >= 4 is 5.97 Å². The smallest absolute Gasteiger partial charge is 0.326 e.